The van der Waals surface area contributed by atoms with Crippen molar-refractivity contribution >= 4 is 5.91 Å². The van der Waals surface area contributed by atoms with Crippen LogP contribution in [0.4, 0.5) is 0 Å². The molecule has 2 saturated carbocycles. The highest BCUT2D eigenvalue weighted by atomic mass is 16.5. The average Bonchev–Trinajstić information content (AvgIpc) is 3.30. The van der Waals surface area contributed by atoms with Gasteiger partial charge < -0.3 is 14.4 Å². The number of hydrogen-bond acceptors (Lipinski definition) is 4. The Morgan fingerprint density at radius 2 is 1.84 bits per heavy atom. The number of benzene rings is 1. The lowest BCUT2D eigenvalue weighted by atomic mass is 9.93. The molecule has 2 aliphatic carbocycles. The van der Waals surface area contributed by atoms with Gasteiger partial charge in [0.1, 0.15) is 0 Å². The fraction of sp³-hybridized carbons (Fsp3) is 0.650. The van der Waals surface area contributed by atoms with Gasteiger partial charge in [0.15, 0.2) is 11.5 Å². The molecule has 2 bridgehead atoms. The van der Waals surface area contributed by atoms with Crippen LogP contribution >= 0.6 is 0 Å². The maximum Gasteiger partial charge on any atom is 0.257 e. The predicted octanol–water partition coefficient (Wildman–Crippen LogP) is 2.65. The van der Waals surface area contributed by atoms with Gasteiger partial charge in [-0.1, -0.05) is 12.5 Å². The standard InChI is InChI=1S/C20H28N2O3/c1-24-18-5-3-4-16(19(18)25-2)20(23)22-10-8-21(9-11-22)17-13-14-6-7-15(17)12-14/h3-5,14-15,17H,6-13H2,1-2H3/t14-,15-,17-/m0/s1. The number of methoxy groups -OCH3 is 2. The number of piperazine rings is 1. The molecule has 3 aliphatic rings. The van der Waals surface area contributed by atoms with E-state index in [2.05, 4.69) is 4.90 Å². The Hall–Kier alpha value is -1.75. The molecule has 0 unspecified atom stereocenters. The minimum Gasteiger partial charge on any atom is -0.493 e. The smallest absolute Gasteiger partial charge is 0.257 e. The average molecular weight is 344 g/mol. The predicted molar refractivity (Wildman–Crippen MR) is 96.3 cm³/mol. The zero-order valence-electron chi connectivity index (χ0n) is 15.2. The number of fused-ring (bicyclic) bond motifs is 2. The Morgan fingerprint density at radius 3 is 2.44 bits per heavy atom. The Morgan fingerprint density at radius 1 is 1.04 bits per heavy atom. The molecule has 1 amide bonds. The second-order valence-corrected chi connectivity index (χ2v) is 7.61. The Bertz CT molecular complexity index is 640. The molecule has 3 atom stereocenters. The second kappa shape index (κ2) is 6.87. The topological polar surface area (TPSA) is 42.0 Å². The van der Waals surface area contributed by atoms with Gasteiger partial charge in [0.25, 0.3) is 5.91 Å². The van der Waals surface area contributed by atoms with Crippen molar-refractivity contribution in [2.24, 2.45) is 11.8 Å². The highest BCUT2D eigenvalue weighted by Crippen LogP contribution is 2.46. The summed E-state index contributed by atoms with van der Waals surface area (Å²) in [6.45, 7) is 3.58. The number of ether oxygens (including phenoxy) is 2. The minimum atomic E-state index is 0.0448. The molecule has 1 saturated heterocycles. The minimum absolute atomic E-state index is 0.0448. The van der Waals surface area contributed by atoms with E-state index in [9.17, 15) is 4.79 Å². The fourth-order valence-electron chi connectivity index (χ4n) is 5.14. The van der Waals surface area contributed by atoms with E-state index >= 15 is 0 Å². The van der Waals surface area contributed by atoms with Crippen LogP contribution in [0.25, 0.3) is 0 Å². The maximum atomic E-state index is 13.0. The Kier molecular flexibility index (Phi) is 4.59. The molecular formula is C20H28N2O3. The van der Waals surface area contributed by atoms with Crippen molar-refractivity contribution in [1.29, 1.82) is 0 Å². The van der Waals surface area contributed by atoms with E-state index in [1.54, 1.807) is 14.2 Å². The van der Waals surface area contributed by atoms with Gasteiger partial charge >= 0.3 is 0 Å². The molecule has 5 heteroatoms. The Labute approximate surface area is 149 Å². The van der Waals surface area contributed by atoms with Crippen LogP contribution in [0, 0.1) is 11.8 Å². The van der Waals surface area contributed by atoms with Crippen LogP contribution in [0.15, 0.2) is 18.2 Å². The largest absolute Gasteiger partial charge is 0.493 e. The number of nitrogens with zero attached hydrogens (tertiary/aromatic N) is 2. The lowest BCUT2D eigenvalue weighted by molar-refractivity contribution is 0.0493. The summed E-state index contributed by atoms with van der Waals surface area (Å²) in [6, 6.07) is 6.26. The summed E-state index contributed by atoms with van der Waals surface area (Å²) < 4.78 is 10.8. The van der Waals surface area contributed by atoms with E-state index in [1.165, 1.54) is 25.7 Å². The summed E-state index contributed by atoms with van der Waals surface area (Å²) in [5.41, 5.74) is 0.593. The molecule has 0 aromatic heterocycles. The summed E-state index contributed by atoms with van der Waals surface area (Å²) in [5, 5.41) is 0. The molecule has 1 aliphatic heterocycles. The van der Waals surface area contributed by atoms with Gasteiger partial charge in [0.05, 0.1) is 19.8 Å². The second-order valence-electron chi connectivity index (χ2n) is 7.61. The molecule has 25 heavy (non-hydrogen) atoms. The van der Waals surface area contributed by atoms with Crippen LogP contribution < -0.4 is 9.47 Å². The van der Waals surface area contributed by atoms with E-state index in [-0.39, 0.29) is 5.91 Å². The molecule has 1 aromatic carbocycles. The number of hydrogen-bond donors (Lipinski definition) is 0. The molecule has 1 aromatic rings. The van der Waals surface area contributed by atoms with Crippen molar-refractivity contribution in [1.82, 2.24) is 9.80 Å². The maximum absolute atomic E-state index is 13.0. The van der Waals surface area contributed by atoms with E-state index < -0.39 is 0 Å². The summed E-state index contributed by atoms with van der Waals surface area (Å²) in [7, 11) is 3.18. The SMILES string of the molecule is COc1cccc(C(=O)N2CCN([C@H]3C[C@H]4CC[C@H]3C4)CC2)c1OC. The third-order valence-electron chi connectivity index (χ3n) is 6.40. The third kappa shape index (κ3) is 2.99. The van der Waals surface area contributed by atoms with Crippen molar-refractivity contribution in [2.75, 3.05) is 40.4 Å². The van der Waals surface area contributed by atoms with Crippen LogP contribution in [0.5, 0.6) is 11.5 Å². The first-order valence-electron chi connectivity index (χ1n) is 9.45. The zero-order chi connectivity index (χ0) is 17.4. The van der Waals surface area contributed by atoms with Crippen LogP contribution in [0.1, 0.15) is 36.0 Å². The third-order valence-corrected chi connectivity index (χ3v) is 6.40. The summed E-state index contributed by atoms with van der Waals surface area (Å²) in [5.74, 6) is 3.06. The summed E-state index contributed by atoms with van der Waals surface area (Å²) >= 11 is 0. The molecule has 3 fully saturated rings. The van der Waals surface area contributed by atoms with Crippen molar-refractivity contribution < 1.29 is 14.3 Å². The van der Waals surface area contributed by atoms with Crippen molar-refractivity contribution in [2.45, 2.75) is 31.7 Å². The van der Waals surface area contributed by atoms with Gasteiger partial charge in [-0.3, -0.25) is 9.69 Å². The van der Waals surface area contributed by atoms with E-state index in [0.29, 0.717) is 17.1 Å². The molecule has 5 nitrogen and oxygen atoms in total. The number of carbonyl (C=O) groups excluding carboxylic acids is 1. The fourth-order valence-corrected chi connectivity index (χ4v) is 5.14. The van der Waals surface area contributed by atoms with Crippen molar-refractivity contribution in [3.8, 4) is 11.5 Å². The molecular weight excluding hydrogens is 316 g/mol. The first-order valence-corrected chi connectivity index (χ1v) is 9.45. The molecule has 1 heterocycles. The summed E-state index contributed by atoms with van der Waals surface area (Å²) in [4.78, 5) is 17.6. The van der Waals surface area contributed by atoms with Crippen LogP contribution in [0.2, 0.25) is 0 Å². The number of para-hydroxylation sites is 1. The summed E-state index contributed by atoms with van der Waals surface area (Å²) in [6.07, 6.45) is 5.66. The van der Waals surface area contributed by atoms with E-state index in [4.69, 9.17) is 9.47 Å². The van der Waals surface area contributed by atoms with Crippen molar-refractivity contribution in [3.05, 3.63) is 23.8 Å². The lowest BCUT2D eigenvalue weighted by Gasteiger charge is -2.41. The van der Waals surface area contributed by atoms with Crippen LogP contribution in [-0.2, 0) is 0 Å². The van der Waals surface area contributed by atoms with E-state index in [0.717, 1.165) is 44.1 Å². The highest BCUT2D eigenvalue weighted by molar-refractivity contribution is 5.97. The van der Waals surface area contributed by atoms with E-state index in [1.807, 2.05) is 23.1 Å². The van der Waals surface area contributed by atoms with Gasteiger partial charge in [-0.25, -0.2) is 0 Å². The van der Waals surface area contributed by atoms with Crippen LogP contribution in [-0.4, -0.2) is 62.1 Å². The molecule has 0 N–H and O–H groups in total. The number of rotatable bonds is 4. The van der Waals surface area contributed by atoms with Gasteiger partial charge in [0.2, 0.25) is 0 Å². The van der Waals surface area contributed by atoms with Crippen molar-refractivity contribution in [3.63, 3.8) is 0 Å². The Balaban J connectivity index is 1.42. The van der Waals surface area contributed by atoms with Gasteiger partial charge in [-0.05, 0) is 43.2 Å². The normalized spacial score (nSPS) is 29.0. The first-order chi connectivity index (χ1) is 12.2. The molecule has 0 spiro atoms. The number of carbonyl (C=O) groups is 1. The lowest BCUT2D eigenvalue weighted by Crippen LogP contribution is -2.53. The number of amides is 1. The molecule has 136 valence electrons. The first kappa shape index (κ1) is 16.7. The quantitative estimate of drug-likeness (QED) is 0.842. The zero-order valence-corrected chi connectivity index (χ0v) is 15.2. The van der Waals surface area contributed by atoms with Crippen LogP contribution in [0.3, 0.4) is 0 Å². The monoisotopic (exact) mass is 344 g/mol. The van der Waals surface area contributed by atoms with Gasteiger partial charge in [0, 0.05) is 32.2 Å². The highest BCUT2D eigenvalue weighted by Gasteiger charge is 2.43. The molecule has 4 rings (SSSR count). The van der Waals surface area contributed by atoms with Gasteiger partial charge in [-0.15, -0.1) is 0 Å². The molecule has 0 radical (unpaired) electrons. The van der Waals surface area contributed by atoms with Gasteiger partial charge in [-0.2, -0.15) is 0 Å².